The maximum atomic E-state index is 14.2. The standard InChI is InChI=1S/C22H22Cl2FN3O/c23-16-5-3-14(4-6-16)20(2-1-9-29)28-12-17(27-13-28)10-15-11-26-22-18(15)7-8-19(24)21(22)25/h3-8,10-11,20,26-27,29H,1-2,9,12-13H2/b17-10-. The number of benzene rings is 2. The largest absolute Gasteiger partial charge is 0.396 e. The van der Waals surface area contributed by atoms with Gasteiger partial charge in [0.25, 0.3) is 0 Å². The van der Waals surface area contributed by atoms with E-state index in [4.69, 9.17) is 23.2 Å². The smallest absolute Gasteiger partial charge is 0.165 e. The van der Waals surface area contributed by atoms with E-state index in [1.165, 1.54) is 5.56 Å². The molecule has 0 spiro atoms. The molecule has 1 aliphatic heterocycles. The third-order valence-electron chi connectivity index (χ3n) is 5.32. The van der Waals surface area contributed by atoms with Gasteiger partial charge >= 0.3 is 0 Å². The molecule has 0 amide bonds. The SMILES string of the molecule is OCCCC(c1ccc(Cl)cc1)N1CN/C(=C\c2c[nH]c3c(F)c(Cl)ccc23)C1. The molecule has 7 heteroatoms. The van der Waals surface area contributed by atoms with E-state index in [1.54, 1.807) is 12.3 Å². The van der Waals surface area contributed by atoms with Gasteiger partial charge in [-0.05, 0) is 42.7 Å². The lowest BCUT2D eigenvalue weighted by Gasteiger charge is -2.27. The van der Waals surface area contributed by atoms with Crippen LogP contribution < -0.4 is 5.32 Å². The summed E-state index contributed by atoms with van der Waals surface area (Å²) in [6, 6.07) is 11.5. The minimum Gasteiger partial charge on any atom is -0.396 e. The highest BCUT2D eigenvalue weighted by atomic mass is 35.5. The van der Waals surface area contributed by atoms with Gasteiger partial charge in [-0.15, -0.1) is 0 Å². The Morgan fingerprint density at radius 2 is 1.97 bits per heavy atom. The van der Waals surface area contributed by atoms with Crippen LogP contribution in [0.15, 0.2) is 48.3 Å². The predicted molar refractivity (Wildman–Crippen MR) is 116 cm³/mol. The van der Waals surface area contributed by atoms with E-state index in [9.17, 15) is 9.50 Å². The lowest BCUT2D eigenvalue weighted by molar-refractivity contribution is 0.206. The molecular formula is C22H22Cl2FN3O. The van der Waals surface area contributed by atoms with Crippen molar-refractivity contribution in [2.24, 2.45) is 0 Å². The van der Waals surface area contributed by atoms with Gasteiger partial charge in [0.1, 0.15) is 0 Å². The summed E-state index contributed by atoms with van der Waals surface area (Å²) in [6.07, 6.45) is 5.41. The number of hydrogen-bond acceptors (Lipinski definition) is 3. The molecule has 2 heterocycles. The second kappa shape index (κ2) is 8.76. The third-order valence-corrected chi connectivity index (χ3v) is 5.87. The van der Waals surface area contributed by atoms with Crippen LogP contribution >= 0.6 is 23.2 Å². The molecule has 4 rings (SSSR count). The fourth-order valence-corrected chi connectivity index (χ4v) is 4.13. The van der Waals surface area contributed by atoms with Gasteiger partial charge in [0.05, 0.1) is 17.2 Å². The first-order chi connectivity index (χ1) is 14.1. The number of H-pyrrole nitrogens is 1. The molecule has 1 fully saturated rings. The van der Waals surface area contributed by atoms with Crippen LogP contribution in [0.4, 0.5) is 4.39 Å². The summed E-state index contributed by atoms with van der Waals surface area (Å²) in [5.41, 5.74) is 3.57. The van der Waals surface area contributed by atoms with Crippen LogP contribution in [0.2, 0.25) is 10.0 Å². The molecule has 2 aromatic carbocycles. The number of aliphatic hydroxyl groups is 1. The minimum absolute atomic E-state index is 0.110. The molecule has 1 aliphatic rings. The van der Waals surface area contributed by atoms with Crippen molar-refractivity contribution in [3.05, 3.63) is 75.3 Å². The topological polar surface area (TPSA) is 51.3 Å². The number of halogens is 3. The van der Waals surface area contributed by atoms with Gasteiger partial charge in [-0.3, -0.25) is 4.90 Å². The Balaban J connectivity index is 1.56. The maximum Gasteiger partial charge on any atom is 0.165 e. The third kappa shape index (κ3) is 4.28. The van der Waals surface area contributed by atoms with Crippen molar-refractivity contribution in [2.45, 2.75) is 18.9 Å². The van der Waals surface area contributed by atoms with Crippen molar-refractivity contribution < 1.29 is 9.50 Å². The average molecular weight is 434 g/mol. The van der Waals surface area contributed by atoms with Crippen LogP contribution in [0.25, 0.3) is 17.0 Å². The Kier molecular flexibility index (Phi) is 6.11. The highest BCUT2D eigenvalue weighted by Crippen LogP contribution is 2.31. The van der Waals surface area contributed by atoms with Gasteiger partial charge in [0.15, 0.2) is 5.82 Å². The van der Waals surface area contributed by atoms with E-state index in [2.05, 4.69) is 15.2 Å². The molecule has 1 aromatic heterocycles. The summed E-state index contributed by atoms with van der Waals surface area (Å²) in [5, 5.41) is 14.4. The average Bonchev–Trinajstić information content (AvgIpc) is 3.34. The van der Waals surface area contributed by atoms with E-state index in [0.717, 1.165) is 36.0 Å². The van der Waals surface area contributed by atoms with Crippen LogP contribution in [-0.4, -0.2) is 34.8 Å². The van der Waals surface area contributed by atoms with Crippen LogP contribution in [0, 0.1) is 5.82 Å². The van der Waals surface area contributed by atoms with E-state index in [0.29, 0.717) is 17.2 Å². The Morgan fingerprint density at radius 3 is 2.72 bits per heavy atom. The highest BCUT2D eigenvalue weighted by Gasteiger charge is 2.25. The fraction of sp³-hybridized carbons (Fsp3) is 0.273. The lowest BCUT2D eigenvalue weighted by atomic mass is 10.0. The van der Waals surface area contributed by atoms with Crippen LogP contribution in [-0.2, 0) is 0 Å². The fourth-order valence-electron chi connectivity index (χ4n) is 3.85. The van der Waals surface area contributed by atoms with Gasteiger partial charge in [0, 0.05) is 47.1 Å². The first kappa shape index (κ1) is 20.2. The molecule has 1 atom stereocenters. The van der Waals surface area contributed by atoms with Crippen molar-refractivity contribution in [1.82, 2.24) is 15.2 Å². The van der Waals surface area contributed by atoms with Gasteiger partial charge in [-0.25, -0.2) is 4.39 Å². The van der Waals surface area contributed by atoms with Gasteiger partial charge in [0.2, 0.25) is 0 Å². The van der Waals surface area contributed by atoms with E-state index >= 15 is 0 Å². The zero-order valence-electron chi connectivity index (χ0n) is 15.8. The summed E-state index contributed by atoms with van der Waals surface area (Å²) in [7, 11) is 0. The Labute approximate surface area is 178 Å². The minimum atomic E-state index is -0.429. The number of rotatable bonds is 6. The molecule has 0 aliphatic carbocycles. The number of nitrogens with one attached hydrogen (secondary N) is 2. The summed E-state index contributed by atoms with van der Waals surface area (Å²) in [6.45, 7) is 1.60. The van der Waals surface area contributed by atoms with Crippen LogP contribution in [0.5, 0.6) is 0 Å². The summed E-state index contributed by atoms with van der Waals surface area (Å²) in [4.78, 5) is 5.31. The number of aromatic amines is 1. The molecule has 3 aromatic rings. The van der Waals surface area contributed by atoms with Crippen molar-refractivity contribution in [2.75, 3.05) is 19.8 Å². The van der Waals surface area contributed by atoms with E-state index in [1.807, 2.05) is 36.4 Å². The summed E-state index contributed by atoms with van der Waals surface area (Å²) < 4.78 is 14.2. The molecule has 0 bridgehead atoms. The quantitative estimate of drug-likeness (QED) is 0.492. The molecule has 1 saturated heterocycles. The molecule has 1 unspecified atom stereocenters. The van der Waals surface area contributed by atoms with Gasteiger partial charge in [-0.2, -0.15) is 0 Å². The Bertz CT molecular complexity index is 1030. The number of fused-ring (bicyclic) bond motifs is 1. The molecular weight excluding hydrogens is 412 g/mol. The first-order valence-corrected chi connectivity index (χ1v) is 10.3. The van der Waals surface area contributed by atoms with Crippen molar-refractivity contribution in [3.63, 3.8) is 0 Å². The van der Waals surface area contributed by atoms with E-state index in [-0.39, 0.29) is 17.7 Å². The molecule has 0 radical (unpaired) electrons. The molecule has 0 saturated carbocycles. The van der Waals surface area contributed by atoms with Crippen molar-refractivity contribution in [1.29, 1.82) is 0 Å². The van der Waals surface area contributed by atoms with Crippen molar-refractivity contribution >= 4 is 40.2 Å². The predicted octanol–water partition coefficient (Wildman–Crippen LogP) is 5.33. The number of aromatic nitrogens is 1. The zero-order chi connectivity index (χ0) is 20.4. The molecule has 4 nitrogen and oxygen atoms in total. The maximum absolute atomic E-state index is 14.2. The summed E-state index contributed by atoms with van der Waals surface area (Å²) in [5.74, 6) is -0.429. The molecule has 29 heavy (non-hydrogen) atoms. The number of nitrogens with zero attached hydrogens (tertiary/aromatic N) is 1. The molecule has 3 N–H and O–H groups in total. The van der Waals surface area contributed by atoms with Crippen LogP contribution in [0.1, 0.15) is 30.0 Å². The first-order valence-electron chi connectivity index (χ1n) is 9.56. The number of hydrogen-bond donors (Lipinski definition) is 3. The Morgan fingerprint density at radius 1 is 1.17 bits per heavy atom. The van der Waals surface area contributed by atoms with E-state index < -0.39 is 5.82 Å². The molecule has 152 valence electrons. The highest BCUT2D eigenvalue weighted by molar-refractivity contribution is 6.31. The lowest BCUT2D eigenvalue weighted by Crippen LogP contribution is -2.27. The second-order valence-electron chi connectivity index (χ2n) is 7.21. The van der Waals surface area contributed by atoms with Crippen LogP contribution in [0.3, 0.4) is 0 Å². The number of aliphatic hydroxyl groups excluding tert-OH is 1. The summed E-state index contributed by atoms with van der Waals surface area (Å²) >= 11 is 11.9. The second-order valence-corrected chi connectivity index (χ2v) is 8.06. The Hall–Kier alpha value is -2.05. The van der Waals surface area contributed by atoms with Gasteiger partial charge in [-0.1, -0.05) is 41.4 Å². The zero-order valence-corrected chi connectivity index (χ0v) is 17.3. The normalized spacial score (nSPS) is 17.2. The van der Waals surface area contributed by atoms with Gasteiger partial charge < -0.3 is 15.4 Å². The monoisotopic (exact) mass is 433 g/mol. The van der Waals surface area contributed by atoms with Crippen molar-refractivity contribution in [3.8, 4) is 0 Å².